The van der Waals surface area contributed by atoms with E-state index in [1.54, 1.807) is 6.07 Å². The van der Waals surface area contributed by atoms with E-state index in [2.05, 4.69) is 9.72 Å². The van der Waals surface area contributed by atoms with E-state index in [9.17, 15) is 4.79 Å². The largest absolute Gasteiger partial charge is 0.465 e. The summed E-state index contributed by atoms with van der Waals surface area (Å²) in [5, 5.41) is 0.449. The molecule has 0 N–H and O–H groups in total. The summed E-state index contributed by atoms with van der Waals surface area (Å²) in [4.78, 5) is 15.4. The minimum absolute atomic E-state index is 0.381. The maximum atomic E-state index is 11.3. The molecule has 5 heteroatoms. The molecule has 0 amide bonds. The normalized spacial score (nSPS) is 10.0. The second-order valence-electron chi connectivity index (χ2n) is 2.62. The summed E-state index contributed by atoms with van der Waals surface area (Å²) in [6, 6.07) is 1.73. The summed E-state index contributed by atoms with van der Waals surface area (Å²) >= 11 is 7.84. The van der Waals surface area contributed by atoms with Crippen molar-refractivity contribution in [2.24, 2.45) is 0 Å². The summed E-state index contributed by atoms with van der Waals surface area (Å²) in [6.45, 7) is 1.96. The average Bonchev–Trinajstić information content (AvgIpc) is 2.17. The van der Waals surface area contributed by atoms with Crippen LogP contribution in [0.25, 0.3) is 0 Å². The molecule has 1 aromatic rings. The second-order valence-corrected chi connectivity index (χ2v) is 4.00. The van der Waals surface area contributed by atoms with Crippen LogP contribution in [0.4, 0.5) is 0 Å². The van der Waals surface area contributed by atoms with Crippen LogP contribution in [0.2, 0.25) is 5.15 Å². The number of ether oxygens (including phenoxy) is 1. The molecule has 1 rings (SSSR count). The Kier molecular flexibility index (Phi) is 4.12. The molecule has 0 bridgehead atoms. The summed E-state index contributed by atoms with van der Waals surface area (Å²) in [7, 11) is 1.35. The monoisotopic (exact) mass is 325 g/mol. The van der Waals surface area contributed by atoms with Gasteiger partial charge in [-0.1, -0.05) is 18.5 Å². The summed E-state index contributed by atoms with van der Waals surface area (Å²) in [5.74, 6) is -0.381. The quantitative estimate of drug-likeness (QED) is 0.477. The Morgan fingerprint density at radius 3 is 2.86 bits per heavy atom. The van der Waals surface area contributed by atoms with Crippen LogP contribution in [-0.4, -0.2) is 18.1 Å². The van der Waals surface area contributed by atoms with E-state index >= 15 is 0 Å². The highest BCUT2D eigenvalue weighted by Crippen LogP contribution is 2.20. The molecule has 0 aliphatic carbocycles. The lowest BCUT2D eigenvalue weighted by Crippen LogP contribution is -2.07. The molecule has 0 fully saturated rings. The van der Waals surface area contributed by atoms with Crippen LogP contribution < -0.4 is 0 Å². The number of rotatable bonds is 2. The van der Waals surface area contributed by atoms with Gasteiger partial charge in [0.25, 0.3) is 0 Å². The molecular formula is C9H9ClINO2. The van der Waals surface area contributed by atoms with Gasteiger partial charge in [-0.3, -0.25) is 0 Å². The van der Waals surface area contributed by atoms with Gasteiger partial charge in [0.15, 0.2) is 0 Å². The molecule has 0 unspecified atom stereocenters. The SMILES string of the molecule is CCc1cc(C(=O)OC)c(I)nc1Cl. The Morgan fingerprint density at radius 2 is 2.36 bits per heavy atom. The van der Waals surface area contributed by atoms with Crippen molar-refractivity contribution in [3.63, 3.8) is 0 Å². The number of carbonyl (C=O) groups excluding carboxylic acids is 1. The van der Waals surface area contributed by atoms with Gasteiger partial charge in [-0.25, -0.2) is 9.78 Å². The van der Waals surface area contributed by atoms with Crippen LogP contribution in [0.1, 0.15) is 22.8 Å². The highest BCUT2D eigenvalue weighted by atomic mass is 127. The predicted molar refractivity (Wildman–Crippen MR) is 62.7 cm³/mol. The van der Waals surface area contributed by atoms with Crippen molar-refractivity contribution < 1.29 is 9.53 Å². The van der Waals surface area contributed by atoms with Gasteiger partial charge in [0.1, 0.15) is 8.85 Å². The van der Waals surface area contributed by atoms with Gasteiger partial charge in [-0.2, -0.15) is 0 Å². The van der Waals surface area contributed by atoms with Gasteiger partial charge >= 0.3 is 5.97 Å². The van der Waals surface area contributed by atoms with Crippen LogP contribution >= 0.6 is 34.2 Å². The molecule has 1 aromatic heterocycles. The van der Waals surface area contributed by atoms with Crippen LogP contribution in [0.5, 0.6) is 0 Å². The minimum Gasteiger partial charge on any atom is -0.465 e. The number of aromatic nitrogens is 1. The second kappa shape index (κ2) is 4.93. The van der Waals surface area contributed by atoms with Crippen molar-refractivity contribution in [3.8, 4) is 0 Å². The standard InChI is InChI=1S/C9H9ClINO2/c1-3-5-4-6(9(13)14-2)8(11)12-7(5)10/h4H,3H2,1-2H3. The summed E-state index contributed by atoms with van der Waals surface area (Å²) in [5.41, 5.74) is 1.32. The molecular weight excluding hydrogens is 316 g/mol. The predicted octanol–water partition coefficient (Wildman–Crippen LogP) is 2.69. The number of methoxy groups -OCH3 is 1. The molecule has 0 atom stereocenters. The van der Waals surface area contributed by atoms with Gasteiger partial charge < -0.3 is 4.74 Å². The number of halogens is 2. The van der Waals surface area contributed by atoms with Gasteiger partial charge in [-0.05, 0) is 40.6 Å². The molecule has 0 aliphatic heterocycles. The van der Waals surface area contributed by atoms with E-state index in [0.717, 1.165) is 12.0 Å². The molecule has 1 heterocycles. The average molecular weight is 326 g/mol. The first-order valence-corrected chi connectivity index (χ1v) is 5.49. The third-order valence-electron chi connectivity index (χ3n) is 1.79. The Labute approximate surface area is 101 Å². The molecule has 3 nitrogen and oxygen atoms in total. The van der Waals surface area contributed by atoms with Crippen molar-refractivity contribution in [1.29, 1.82) is 0 Å². The highest BCUT2D eigenvalue weighted by Gasteiger charge is 2.14. The van der Waals surface area contributed by atoms with E-state index < -0.39 is 0 Å². The Balaban J connectivity index is 3.24. The number of pyridine rings is 1. The topological polar surface area (TPSA) is 39.2 Å². The first kappa shape index (κ1) is 11.7. The van der Waals surface area contributed by atoms with Crippen LogP contribution in [0.15, 0.2) is 6.07 Å². The first-order chi connectivity index (χ1) is 6.60. The lowest BCUT2D eigenvalue weighted by atomic mass is 10.2. The summed E-state index contributed by atoms with van der Waals surface area (Å²) < 4.78 is 5.20. The molecule has 76 valence electrons. The van der Waals surface area contributed by atoms with E-state index in [4.69, 9.17) is 11.6 Å². The number of nitrogens with zero attached hydrogens (tertiary/aromatic N) is 1. The Morgan fingerprint density at radius 1 is 1.71 bits per heavy atom. The van der Waals surface area contributed by atoms with Crippen molar-refractivity contribution in [1.82, 2.24) is 4.98 Å². The lowest BCUT2D eigenvalue weighted by Gasteiger charge is -2.05. The number of hydrogen-bond acceptors (Lipinski definition) is 3. The smallest absolute Gasteiger partial charge is 0.340 e. The zero-order valence-electron chi connectivity index (χ0n) is 7.80. The van der Waals surface area contributed by atoms with Crippen LogP contribution in [0.3, 0.4) is 0 Å². The van der Waals surface area contributed by atoms with Crippen LogP contribution in [-0.2, 0) is 11.2 Å². The lowest BCUT2D eigenvalue weighted by molar-refractivity contribution is 0.0599. The number of hydrogen-bond donors (Lipinski definition) is 0. The van der Waals surface area contributed by atoms with Crippen LogP contribution in [0, 0.1) is 3.70 Å². The zero-order valence-corrected chi connectivity index (χ0v) is 10.7. The van der Waals surface area contributed by atoms with E-state index in [0.29, 0.717) is 14.4 Å². The van der Waals surface area contributed by atoms with Crippen molar-refractivity contribution >= 4 is 40.2 Å². The Bertz CT molecular complexity index is 368. The van der Waals surface area contributed by atoms with Gasteiger partial charge in [0.2, 0.25) is 0 Å². The third-order valence-corrected chi connectivity index (χ3v) is 2.94. The third kappa shape index (κ3) is 2.36. The van der Waals surface area contributed by atoms with Gasteiger partial charge in [0.05, 0.1) is 12.7 Å². The molecule has 0 saturated carbocycles. The molecule has 0 aliphatic rings. The van der Waals surface area contributed by atoms with Crippen molar-refractivity contribution in [2.75, 3.05) is 7.11 Å². The van der Waals surface area contributed by atoms with E-state index in [1.165, 1.54) is 7.11 Å². The number of carbonyl (C=O) groups is 1. The van der Waals surface area contributed by atoms with E-state index in [-0.39, 0.29) is 5.97 Å². The maximum absolute atomic E-state index is 11.3. The molecule has 0 aromatic carbocycles. The van der Waals surface area contributed by atoms with Gasteiger partial charge in [0, 0.05) is 0 Å². The fraction of sp³-hybridized carbons (Fsp3) is 0.333. The van der Waals surface area contributed by atoms with E-state index in [1.807, 2.05) is 29.5 Å². The molecule has 0 radical (unpaired) electrons. The summed E-state index contributed by atoms with van der Waals surface area (Å²) in [6.07, 6.45) is 0.743. The first-order valence-electron chi connectivity index (χ1n) is 4.03. The Hall–Kier alpha value is -0.360. The fourth-order valence-electron chi connectivity index (χ4n) is 1.01. The van der Waals surface area contributed by atoms with Gasteiger partial charge in [-0.15, -0.1) is 0 Å². The minimum atomic E-state index is -0.381. The zero-order chi connectivity index (χ0) is 10.7. The number of aryl methyl sites for hydroxylation is 1. The molecule has 14 heavy (non-hydrogen) atoms. The molecule has 0 spiro atoms. The van der Waals surface area contributed by atoms with Crippen molar-refractivity contribution in [3.05, 3.63) is 26.0 Å². The number of esters is 1. The highest BCUT2D eigenvalue weighted by molar-refractivity contribution is 14.1. The maximum Gasteiger partial charge on any atom is 0.340 e. The fourth-order valence-corrected chi connectivity index (χ4v) is 2.04. The molecule has 0 saturated heterocycles. The van der Waals surface area contributed by atoms with Crippen molar-refractivity contribution in [2.45, 2.75) is 13.3 Å².